The SMILES string of the molecule is CCOC(=O)CN(c1ccc(OC)cc1OC)S(=O)(=O)c1ccc(OC)c(F)c1. The molecule has 0 radical (unpaired) electrons. The summed E-state index contributed by atoms with van der Waals surface area (Å²) in [6.07, 6.45) is 0. The van der Waals surface area contributed by atoms with Crippen LogP contribution in [-0.2, 0) is 19.6 Å². The molecular formula is C19H22FNO7S. The summed E-state index contributed by atoms with van der Waals surface area (Å²) in [6, 6.07) is 7.61. The van der Waals surface area contributed by atoms with E-state index in [-0.39, 0.29) is 28.7 Å². The van der Waals surface area contributed by atoms with Crippen LogP contribution in [0, 0.1) is 5.82 Å². The van der Waals surface area contributed by atoms with Gasteiger partial charge < -0.3 is 18.9 Å². The molecule has 0 aliphatic heterocycles. The standard InChI is InChI=1S/C19H22FNO7S/c1-5-28-19(22)12-21(16-8-6-13(25-2)10-18(16)27-4)29(23,24)14-7-9-17(26-3)15(20)11-14/h6-11H,5,12H2,1-4H3. The molecule has 2 rings (SSSR count). The number of rotatable bonds is 9. The largest absolute Gasteiger partial charge is 0.497 e. The highest BCUT2D eigenvalue weighted by Gasteiger charge is 2.31. The lowest BCUT2D eigenvalue weighted by Gasteiger charge is -2.25. The lowest BCUT2D eigenvalue weighted by molar-refractivity contribution is -0.141. The van der Waals surface area contributed by atoms with Crippen LogP contribution in [-0.4, -0.2) is 48.9 Å². The Labute approximate surface area is 168 Å². The predicted molar refractivity (Wildman–Crippen MR) is 104 cm³/mol. The Morgan fingerprint density at radius 2 is 1.69 bits per heavy atom. The molecule has 0 heterocycles. The highest BCUT2D eigenvalue weighted by atomic mass is 32.2. The molecule has 2 aromatic carbocycles. The molecule has 10 heteroatoms. The number of esters is 1. The molecule has 0 aliphatic carbocycles. The number of halogens is 1. The summed E-state index contributed by atoms with van der Waals surface area (Å²) >= 11 is 0. The maximum absolute atomic E-state index is 14.1. The number of anilines is 1. The van der Waals surface area contributed by atoms with Crippen LogP contribution in [0.4, 0.5) is 10.1 Å². The third kappa shape index (κ3) is 4.89. The van der Waals surface area contributed by atoms with Gasteiger partial charge in [0.15, 0.2) is 11.6 Å². The molecule has 158 valence electrons. The average molecular weight is 427 g/mol. The first-order chi connectivity index (χ1) is 13.8. The van der Waals surface area contributed by atoms with Crippen molar-refractivity contribution in [2.24, 2.45) is 0 Å². The van der Waals surface area contributed by atoms with Gasteiger partial charge in [0.25, 0.3) is 10.0 Å². The van der Waals surface area contributed by atoms with Crippen LogP contribution in [0.5, 0.6) is 17.2 Å². The number of sulfonamides is 1. The van der Waals surface area contributed by atoms with Crippen molar-refractivity contribution in [3.05, 3.63) is 42.2 Å². The Balaban J connectivity index is 2.61. The quantitative estimate of drug-likeness (QED) is 0.568. The zero-order chi connectivity index (χ0) is 21.6. The summed E-state index contributed by atoms with van der Waals surface area (Å²) in [4.78, 5) is 11.7. The second-order valence-corrected chi connectivity index (χ2v) is 7.51. The molecule has 0 bridgehead atoms. The molecule has 0 fully saturated rings. The van der Waals surface area contributed by atoms with E-state index in [4.69, 9.17) is 18.9 Å². The molecule has 0 spiro atoms. The van der Waals surface area contributed by atoms with Gasteiger partial charge in [-0.1, -0.05) is 0 Å². The molecule has 2 aromatic rings. The first kappa shape index (κ1) is 22.3. The Morgan fingerprint density at radius 3 is 2.24 bits per heavy atom. The lowest BCUT2D eigenvalue weighted by Crippen LogP contribution is -2.37. The summed E-state index contributed by atoms with van der Waals surface area (Å²) < 4.78 is 61.6. The molecule has 0 N–H and O–H groups in total. The van der Waals surface area contributed by atoms with Gasteiger partial charge in [0.05, 0.1) is 38.5 Å². The summed E-state index contributed by atoms with van der Waals surface area (Å²) in [5, 5.41) is 0. The van der Waals surface area contributed by atoms with Gasteiger partial charge in [-0.25, -0.2) is 12.8 Å². The number of methoxy groups -OCH3 is 3. The predicted octanol–water partition coefficient (Wildman–Crippen LogP) is 2.61. The van der Waals surface area contributed by atoms with Crippen molar-refractivity contribution >= 4 is 21.7 Å². The molecule has 0 atom stereocenters. The van der Waals surface area contributed by atoms with E-state index < -0.39 is 28.4 Å². The van der Waals surface area contributed by atoms with E-state index in [1.165, 1.54) is 51.7 Å². The van der Waals surface area contributed by atoms with Crippen molar-refractivity contribution in [3.8, 4) is 17.2 Å². The van der Waals surface area contributed by atoms with Crippen molar-refractivity contribution in [1.82, 2.24) is 0 Å². The van der Waals surface area contributed by atoms with Crippen LogP contribution in [0.2, 0.25) is 0 Å². The van der Waals surface area contributed by atoms with E-state index in [1.54, 1.807) is 6.92 Å². The number of benzene rings is 2. The van der Waals surface area contributed by atoms with Gasteiger partial charge in [0.1, 0.15) is 18.0 Å². The highest BCUT2D eigenvalue weighted by molar-refractivity contribution is 7.92. The third-order valence-corrected chi connectivity index (χ3v) is 5.70. The third-order valence-electron chi connectivity index (χ3n) is 3.94. The van der Waals surface area contributed by atoms with E-state index in [0.717, 1.165) is 10.4 Å². The van der Waals surface area contributed by atoms with Crippen molar-refractivity contribution < 1.29 is 36.6 Å². The molecule has 0 unspecified atom stereocenters. The fourth-order valence-corrected chi connectivity index (χ4v) is 3.98. The number of ether oxygens (including phenoxy) is 4. The minimum absolute atomic E-state index is 0.0672. The maximum Gasteiger partial charge on any atom is 0.326 e. The van der Waals surface area contributed by atoms with Gasteiger partial charge in [-0.05, 0) is 37.3 Å². The van der Waals surface area contributed by atoms with Gasteiger partial charge in [-0.3, -0.25) is 9.10 Å². The second-order valence-electron chi connectivity index (χ2n) is 5.65. The highest BCUT2D eigenvalue weighted by Crippen LogP contribution is 2.36. The monoisotopic (exact) mass is 427 g/mol. The number of nitrogens with zero attached hydrogens (tertiary/aromatic N) is 1. The van der Waals surface area contributed by atoms with Crippen LogP contribution in [0.1, 0.15) is 6.92 Å². The molecule has 8 nitrogen and oxygen atoms in total. The van der Waals surface area contributed by atoms with Crippen molar-refractivity contribution in [1.29, 1.82) is 0 Å². The minimum Gasteiger partial charge on any atom is -0.497 e. The van der Waals surface area contributed by atoms with Crippen molar-refractivity contribution in [3.63, 3.8) is 0 Å². The minimum atomic E-state index is -4.35. The van der Waals surface area contributed by atoms with E-state index >= 15 is 0 Å². The van der Waals surface area contributed by atoms with E-state index in [9.17, 15) is 17.6 Å². The first-order valence-corrected chi connectivity index (χ1v) is 9.96. The van der Waals surface area contributed by atoms with Crippen LogP contribution < -0.4 is 18.5 Å². The molecule has 0 saturated carbocycles. The summed E-state index contributed by atoms with van der Waals surface area (Å²) in [5.41, 5.74) is 0.0672. The van der Waals surface area contributed by atoms with E-state index in [2.05, 4.69) is 0 Å². The van der Waals surface area contributed by atoms with Crippen LogP contribution in [0.3, 0.4) is 0 Å². The molecule has 0 aromatic heterocycles. The number of hydrogen-bond acceptors (Lipinski definition) is 7. The Bertz CT molecular complexity index is 979. The van der Waals surface area contributed by atoms with E-state index in [0.29, 0.717) is 5.75 Å². The smallest absolute Gasteiger partial charge is 0.326 e. The fourth-order valence-electron chi connectivity index (χ4n) is 2.55. The second kappa shape index (κ2) is 9.46. The van der Waals surface area contributed by atoms with Gasteiger partial charge in [-0.15, -0.1) is 0 Å². The first-order valence-electron chi connectivity index (χ1n) is 8.52. The number of hydrogen-bond donors (Lipinski definition) is 0. The van der Waals surface area contributed by atoms with E-state index in [1.807, 2.05) is 0 Å². The van der Waals surface area contributed by atoms with Crippen LogP contribution >= 0.6 is 0 Å². The van der Waals surface area contributed by atoms with Gasteiger partial charge >= 0.3 is 5.97 Å². The number of carbonyl (C=O) groups is 1. The van der Waals surface area contributed by atoms with Crippen molar-refractivity contribution in [2.75, 3.05) is 38.8 Å². The molecule has 0 saturated heterocycles. The van der Waals surface area contributed by atoms with Crippen LogP contribution in [0.25, 0.3) is 0 Å². The topological polar surface area (TPSA) is 91.4 Å². The Morgan fingerprint density at radius 1 is 1.00 bits per heavy atom. The summed E-state index contributed by atoms with van der Waals surface area (Å²) in [7, 11) is -0.291. The Kier molecular flexibility index (Phi) is 7.27. The van der Waals surface area contributed by atoms with Gasteiger partial charge in [0, 0.05) is 6.07 Å². The normalized spacial score (nSPS) is 10.9. The molecular weight excluding hydrogens is 405 g/mol. The molecule has 0 aliphatic rings. The molecule has 29 heavy (non-hydrogen) atoms. The zero-order valence-corrected chi connectivity index (χ0v) is 17.3. The lowest BCUT2D eigenvalue weighted by atomic mass is 10.2. The van der Waals surface area contributed by atoms with Crippen molar-refractivity contribution in [2.45, 2.75) is 11.8 Å². The van der Waals surface area contributed by atoms with Crippen LogP contribution in [0.15, 0.2) is 41.3 Å². The Hall–Kier alpha value is -3.01. The fraction of sp³-hybridized carbons (Fsp3) is 0.316. The summed E-state index contributed by atoms with van der Waals surface area (Å²) in [5.74, 6) is -1.17. The maximum atomic E-state index is 14.1. The summed E-state index contributed by atoms with van der Waals surface area (Å²) in [6.45, 7) is 1.04. The zero-order valence-electron chi connectivity index (χ0n) is 16.5. The van der Waals surface area contributed by atoms with Gasteiger partial charge in [0.2, 0.25) is 0 Å². The van der Waals surface area contributed by atoms with Gasteiger partial charge in [-0.2, -0.15) is 0 Å². The average Bonchev–Trinajstić information content (AvgIpc) is 2.71. The number of carbonyl (C=O) groups excluding carboxylic acids is 1. The molecule has 0 amide bonds.